The molecule has 0 aliphatic heterocycles. The van der Waals surface area contributed by atoms with E-state index in [2.05, 4.69) is 31.9 Å². The smallest absolute Gasteiger partial charge is 0.165 e. The van der Waals surface area contributed by atoms with Gasteiger partial charge in [-0.1, -0.05) is 49.5 Å². The van der Waals surface area contributed by atoms with Gasteiger partial charge in [-0.25, -0.2) is 4.39 Å². The minimum Gasteiger partial charge on any atom is -0.454 e. The number of alkyl halides is 1. The summed E-state index contributed by atoms with van der Waals surface area (Å²) in [7, 11) is 0. The quantitative estimate of drug-likeness (QED) is 0.587. The van der Waals surface area contributed by atoms with Gasteiger partial charge in [0.2, 0.25) is 0 Å². The van der Waals surface area contributed by atoms with Crippen molar-refractivity contribution >= 4 is 43.5 Å². The predicted molar refractivity (Wildman–Crippen MR) is 78.3 cm³/mol. The minimum absolute atomic E-state index is 0.161. The molecule has 0 saturated heterocycles. The molecule has 2 aromatic carbocycles. The maximum absolute atomic E-state index is 13.6. The highest BCUT2D eigenvalue weighted by atomic mass is 79.9. The molecule has 0 atom stereocenters. The van der Waals surface area contributed by atoms with E-state index in [1.54, 1.807) is 30.3 Å². The predicted octanol–water partition coefficient (Wildman–Crippen LogP) is 5.93. The van der Waals surface area contributed by atoms with Crippen molar-refractivity contribution < 1.29 is 9.13 Å². The molecule has 0 heterocycles. The second-order valence-corrected chi connectivity index (χ2v) is 5.41. The molecule has 0 N–H and O–H groups in total. The van der Waals surface area contributed by atoms with Crippen molar-refractivity contribution in [2.75, 3.05) is 0 Å². The lowest BCUT2D eigenvalue weighted by Crippen LogP contribution is -1.92. The van der Waals surface area contributed by atoms with Crippen molar-refractivity contribution in [3.8, 4) is 11.5 Å². The highest BCUT2D eigenvalue weighted by molar-refractivity contribution is 9.10. The maximum Gasteiger partial charge on any atom is 0.165 e. The standard InChI is InChI=1S/C13H8Br2ClFO/c14-7-9-10(16)2-1-3-12(9)18-13-6-8(15)4-5-11(13)17/h1-6H,7H2. The lowest BCUT2D eigenvalue weighted by Gasteiger charge is -2.11. The Bertz CT molecular complexity index is 575. The summed E-state index contributed by atoms with van der Waals surface area (Å²) in [4.78, 5) is 0. The van der Waals surface area contributed by atoms with Crippen LogP contribution in [-0.4, -0.2) is 0 Å². The van der Waals surface area contributed by atoms with Crippen LogP contribution in [0.3, 0.4) is 0 Å². The molecule has 0 amide bonds. The second-order valence-electron chi connectivity index (χ2n) is 3.53. The van der Waals surface area contributed by atoms with E-state index < -0.39 is 5.82 Å². The first kappa shape index (κ1) is 13.8. The van der Waals surface area contributed by atoms with Gasteiger partial charge in [0.25, 0.3) is 0 Å². The Morgan fingerprint density at radius 2 is 1.94 bits per heavy atom. The van der Waals surface area contributed by atoms with E-state index in [4.69, 9.17) is 16.3 Å². The van der Waals surface area contributed by atoms with Crippen LogP contribution in [-0.2, 0) is 5.33 Å². The average molecular weight is 394 g/mol. The highest BCUT2D eigenvalue weighted by Gasteiger charge is 2.11. The topological polar surface area (TPSA) is 9.23 Å². The first-order valence-corrected chi connectivity index (χ1v) is 7.37. The van der Waals surface area contributed by atoms with Crippen molar-refractivity contribution in [3.05, 3.63) is 57.3 Å². The molecular formula is C13H8Br2ClFO. The summed E-state index contributed by atoms with van der Waals surface area (Å²) >= 11 is 12.7. The third-order valence-electron chi connectivity index (χ3n) is 2.32. The lowest BCUT2D eigenvalue weighted by molar-refractivity contribution is 0.439. The molecule has 0 spiro atoms. The van der Waals surface area contributed by atoms with Gasteiger partial charge in [0.1, 0.15) is 5.75 Å². The zero-order valence-electron chi connectivity index (χ0n) is 9.09. The van der Waals surface area contributed by atoms with Crippen molar-refractivity contribution in [2.24, 2.45) is 0 Å². The molecule has 0 aromatic heterocycles. The third kappa shape index (κ3) is 3.05. The summed E-state index contributed by atoms with van der Waals surface area (Å²) < 4.78 is 19.9. The summed E-state index contributed by atoms with van der Waals surface area (Å²) in [6.07, 6.45) is 0. The molecule has 0 aliphatic rings. The van der Waals surface area contributed by atoms with Crippen molar-refractivity contribution in [1.29, 1.82) is 0 Å². The van der Waals surface area contributed by atoms with E-state index in [0.717, 1.165) is 10.0 Å². The van der Waals surface area contributed by atoms with Crippen LogP contribution >= 0.6 is 43.5 Å². The van der Waals surface area contributed by atoms with Gasteiger partial charge >= 0.3 is 0 Å². The molecule has 2 aromatic rings. The molecule has 0 unspecified atom stereocenters. The van der Waals surface area contributed by atoms with Crippen LogP contribution in [0.25, 0.3) is 0 Å². The van der Waals surface area contributed by atoms with Crippen molar-refractivity contribution in [3.63, 3.8) is 0 Å². The summed E-state index contributed by atoms with van der Waals surface area (Å²) in [6, 6.07) is 9.82. The van der Waals surface area contributed by atoms with Crippen LogP contribution in [0.2, 0.25) is 5.02 Å². The molecule has 0 radical (unpaired) electrons. The van der Waals surface area contributed by atoms with E-state index >= 15 is 0 Å². The maximum atomic E-state index is 13.6. The first-order valence-electron chi connectivity index (χ1n) is 5.08. The normalized spacial score (nSPS) is 10.4. The van der Waals surface area contributed by atoms with Gasteiger partial charge in [-0.15, -0.1) is 0 Å². The monoisotopic (exact) mass is 392 g/mol. The molecule has 1 nitrogen and oxygen atoms in total. The average Bonchev–Trinajstić information content (AvgIpc) is 2.34. The van der Waals surface area contributed by atoms with Crippen LogP contribution in [0.1, 0.15) is 5.56 Å². The minimum atomic E-state index is -0.418. The number of ether oxygens (including phenoxy) is 1. The molecule has 0 saturated carbocycles. The third-order valence-corrected chi connectivity index (χ3v) is 3.73. The molecule has 0 fully saturated rings. The molecular weight excluding hydrogens is 386 g/mol. The SMILES string of the molecule is Fc1ccc(Br)cc1Oc1cccc(Cl)c1CBr. The Labute approximate surface area is 126 Å². The lowest BCUT2D eigenvalue weighted by atomic mass is 10.2. The Morgan fingerprint density at radius 1 is 1.17 bits per heavy atom. The summed E-state index contributed by atoms with van der Waals surface area (Å²) in [5.41, 5.74) is 0.790. The molecule has 0 bridgehead atoms. The summed E-state index contributed by atoms with van der Waals surface area (Å²) in [6.45, 7) is 0. The number of rotatable bonds is 3. The van der Waals surface area contributed by atoms with Gasteiger partial charge in [-0.3, -0.25) is 0 Å². The van der Waals surface area contributed by atoms with Gasteiger partial charge in [0, 0.05) is 20.4 Å². The molecule has 18 heavy (non-hydrogen) atoms. The van der Waals surface area contributed by atoms with E-state index in [1.807, 2.05) is 0 Å². The van der Waals surface area contributed by atoms with Crippen LogP contribution < -0.4 is 4.74 Å². The molecule has 0 aliphatic carbocycles. The Morgan fingerprint density at radius 3 is 2.67 bits per heavy atom. The number of halogens is 4. The van der Waals surface area contributed by atoms with Crippen molar-refractivity contribution in [2.45, 2.75) is 5.33 Å². The van der Waals surface area contributed by atoms with Gasteiger partial charge < -0.3 is 4.74 Å². The van der Waals surface area contributed by atoms with Gasteiger partial charge in [0.05, 0.1) is 0 Å². The number of benzene rings is 2. The van der Waals surface area contributed by atoms with Crippen LogP contribution in [0, 0.1) is 5.82 Å². The molecule has 94 valence electrons. The van der Waals surface area contributed by atoms with Gasteiger partial charge in [-0.2, -0.15) is 0 Å². The fraction of sp³-hybridized carbons (Fsp3) is 0.0769. The molecule has 5 heteroatoms. The van der Waals surface area contributed by atoms with E-state index in [0.29, 0.717) is 16.1 Å². The zero-order valence-corrected chi connectivity index (χ0v) is 13.0. The highest BCUT2D eigenvalue weighted by Crippen LogP contribution is 2.34. The fourth-order valence-corrected chi connectivity index (χ4v) is 2.75. The molecule has 2 rings (SSSR count). The van der Waals surface area contributed by atoms with Crippen molar-refractivity contribution in [1.82, 2.24) is 0 Å². The Kier molecular flexibility index (Phi) is 4.65. The van der Waals surface area contributed by atoms with E-state index in [1.165, 1.54) is 6.07 Å². The Balaban J connectivity index is 2.40. The zero-order chi connectivity index (χ0) is 13.1. The number of hydrogen-bond donors (Lipinski definition) is 0. The van der Waals surface area contributed by atoms with Gasteiger partial charge in [-0.05, 0) is 30.3 Å². The van der Waals surface area contributed by atoms with Gasteiger partial charge in [0.15, 0.2) is 11.6 Å². The first-order chi connectivity index (χ1) is 8.61. The van der Waals surface area contributed by atoms with E-state index in [-0.39, 0.29) is 5.75 Å². The largest absolute Gasteiger partial charge is 0.454 e. The van der Waals surface area contributed by atoms with Crippen LogP contribution in [0.15, 0.2) is 40.9 Å². The number of hydrogen-bond acceptors (Lipinski definition) is 1. The second kappa shape index (κ2) is 6.04. The van der Waals surface area contributed by atoms with Crippen LogP contribution in [0.4, 0.5) is 4.39 Å². The summed E-state index contributed by atoms with van der Waals surface area (Å²) in [5, 5.41) is 1.12. The fourth-order valence-electron chi connectivity index (χ4n) is 1.44. The van der Waals surface area contributed by atoms with Crippen LogP contribution in [0.5, 0.6) is 11.5 Å². The van der Waals surface area contributed by atoms with E-state index in [9.17, 15) is 4.39 Å². The summed E-state index contributed by atoms with van der Waals surface area (Å²) in [5.74, 6) is 0.281. The Hall–Kier alpha value is -0.580.